The monoisotopic (exact) mass is 330 g/mol. The van der Waals surface area contributed by atoms with Crippen LogP contribution in [0.15, 0.2) is 35.4 Å². The van der Waals surface area contributed by atoms with E-state index in [1.54, 1.807) is 12.1 Å². The van der Waals surface area contributed by atoms with Crippen molar-refractivity contribution in [3.8, 4) is 11.5 Å². The van der Waals surface area contributed by atoms with Gasteiger partial charge in [-0.15, -0.1) is 6.58 Å². The van der Waals surface area contributed by atoms with Crippen LogP contribution in [0.3, 0.4) is 0 Å². The van der Waals surface area contributed by atoms with Crippen LogP contribution in [0, 0.1) is 6.92 Å². The molecule has 0 atom stereocenters. The maximum atomic E-state index is 12.3. The molecule has 2 amide bonds. The first-order valence-corrected chi connectivity index (χ1v) is 7.80. The summed E-state index contributed by atoms with van der Waals surface area (Å²) < 4.78 is 5.24. The number of aromatic nitrogens is 2. The SMILES string of the molecule is C=CCN(CCO)C(=O)Nc1cc(-c2nc(CC)no2)ccc1C. The number of aryl methyl sites for hydroxylation is 2. The van der Waals surface area contributed by atoms with Crippen LogP contribution in [0.1, 0.15) is 18.3 Å². The minimum atomic E-state index is -0.302. The van der Waals surface area contributed by atoms with Crippen LogP contribution >= 0.6 is 0 Å². The van der Waals surface area contributed by atoms with Crippen LogP contribution in [0.4, 0.5) is 10.5 Å². The van der Waals surface area contributed by atoms with Crippen LogP contribution in [-0.4, -0.2) is 45.9 Å². The number of aliphatic hydroxyl groups is 1. The number of urea groups is 1. The van der Waals surface area contributed by atoms with Gasteiger partial charge in [0.25, 0.3) is 5.89 Å². The summed E-state index contributed by atoms with van der Waals surface area (Å²) in [7, 11) is 0. The standard InChI is InChI=1S/C17H22N4O3/c1-4-8-21(9-10-22)17(23)18-14-11-13(7-6-12(14)3)16-19-15(5-2)20-24-16/h4,6-7,11,22H,1,5,8-10H2,2-3H3,(H,18,23). The lowest BCUT2D eigenvalue weighted by Crippen LogP contribution is -2.37. The number of rotatable bonds is 7. The lowest BCUT2D eigenvalue weighted by atomic mass is 10.1. The molecular weight excluding hydrogens is 308 g/mol. The van der Waals surface area contributed by atoms with E-state index in [4.69, 9.17) is 9.63 Å². The second kappa shape index (κ2) is 8.26. The summed E-state index contributed by atoms with van der Waals surface area (Å²) in [6.45, 7) is 7.95. The molecule has 128 valence electrons. The first kappa shape index (κ1) is 17.7. The molecule has 0 saturated heterocycles. The van der Waals surface area contributed by atoms with E-state index >= 15 is 0 Å². The first-order valence-electron chi connectivity index (χ1n) is 7.80. The second-order valence-electron chi connectivity index (χ2n) is 5.29. The van der Waals surface area contributed by atoms with Gasteiger partial charge in [0.2, 0.25) is 0 Å². The first-order chi connectivity index (χ1) is 11.6. The highest BCUT2D eigenvalue weighted by Gasteiger charge is 2.15. The second-order valence-corrected chi connectivity index (χ2v) is 5.29. The molecule has 0 bridgehead atoms. The average molecular weight is 330 g/mol. The van der Waals surface area contributed by atoms with E-state index in [1.165, 1.54) is 4.90 Å². The number of carbonyl (C=O) groups excluding carboxylic acids is 1. The maximum Gasteiger partial charge on any atom is 0.322 e. The minimum absolute atomic E-state index is 0.109. The molecule has 7 nitrogen and oxygen atoms in total. The zero-order valence-electron chi connectivity index (χ0n) is 14.0. The Morgan fingerprint density at radius 1 is 1.50 bits per heavy atom. The zero-order valence-corrected chi connectivity index (χ0v) is 14.0. The van der Waals surface area contributed by atoms with E-state index < -0.39 is 0 Å². The number of hydrogen-bond donors (Lipinski definition) is 2. The molecule has 0 fully saturated rings. The Balaban J connectivity index is 2.21. The van der Waals surface area contributed by atoms with Gasteiger partial charge in [-0.1, -0.05) is 24.2 Å². The molecule has 7 heteroatoms. The lowest BCUT2D eigenvalue weighted by molar-refractivity contribution is 0.195. The molecule has 0 unspecified atom stereocenters. The quantitative estimate of drug-likeness (QED) is 0.762. The molecule has 2 rings (SSSR count). The molecule has 0 radical (unpaired) electrons. The zero-order chi connectivity index (χ0) is 17.5. The van der Waals surface area contributed by atoms with Crippen LogP contribution in [0.2, 0.25) is 0 Å². The van der Waals surface area contributed by atoms with E-state index in [0.717, 1.165) is 11.1 Å². The number of nitrogens with zero attached hydrogens (tertiary/aromatic N) is 3. The van der Waals surface area contributed by atoms with Gasteiger partial charge in [-0.3, -0.25) is 0 Å². The molecule has 2 N–H and O–H groups in total. The molecule has 0 aliphatic carbocycles. The van der Waals surface area contributed by atoms with Gasteiger partial charge in [0.05, 0.1) is 6.61 Å². The normalized spacial score (nSPS) is 10.5. The Morgan fingerprint density at radius 2 is 2.29 bits per heavy atom. The highest BCUT2D eigenvalue weighted by Crippen LogP contribution is 2.24. The molecule has 1 aromatic carbocycles. The fourth-order valence-electron chi connectivity index (χ4n) is 2.15. The third-order valence-corrected chi connectivity index (χ3v) is 3.52. The highest BCUT2D eigenvalue weighted by molar-refractivity contribution is 5.91. The summed E-state index contributed by atoms with van der Waals surface area (Å²) in [6, 6.07) is 5.24. The third-order valence-electron chi connectivity index (χ3n) is 3.52. The predicted octanol–water partition coefficient (Wildman–Crippen LogP) is 2.62. The van der Waals surface area contributed by atoms with Gasteiger partial charge in [0.1, 0.15) is 0 Å². The molecule has 24 heavy (non-hydrogen) atoms. The van der Waals surface area contributed by atoms with Crippen molar-refractivity contribution in [1.29, 1.82) is 0 Å². The summed E-state index contributed by atoms with van der Waals surface area (Å²) in [6.07, 6.45) is 2.31. The van der Waals surface area contributed by atoms with E-state index in [2.05, 4.69) is 22.0 Å². The van der Waals surface area contributed by atoms with Gasteiger partial charge >= 0.3 is 6.03 Å². The number of aliphatic hydroxyl groups excluding tert-OH is 1. The molecule has 2 aromatic rings. The van der Waals surface area contributed by atoms with Crippen molar-refractivity contribution in [3.63, 3.8) is 0 Å². The Morgan fingerprint density at radius 3 is 2.92 bits per heavy atom. The average Bonchev–Trinajstić information content (AvgIpc) is 3.05. The van der Waals surface area contributed by atoms with E-state index in [1.807, 2.05) is 26.0 Å². The molecular formula is C17H22N4O3. The van der Waals surface area contributed by atoms with E-state index in [9.17, 15) is 4.79 Å². The summed E-state index contributed by atoms with van der Waals surface area (Å²) >= 11 is 0. The smallest absolute Gasteiger partial charge is 0.322 e. The van der Waals surface area contributed by atoms with Crippen LogP contribution in [0.25, 0.3) is 11.5 Å². The van der Waals surface area contributed by atoms with Gasteiger partial charge in [-0.05, 0) is 24.6 Å². The van der Waals surface area contributed by atoms with Crippen LogP contribution in [-0.2, 0) is 6.42 Å². The Hall–Kier alpha value is -2.67. The van der Waals surface area contributed by atoms with Crippen molar-refractivity contribution in [3.05, 3.63) is 42.2 Å². The Labute approximate surface area is 141 Å². The van der Waals surface area contributed by atoms with Crippen LogP contribution < -0.4 is 5.32 Å². The topological polar surface area (TPSA) is 91.5 Å². The van der Waals surface area contributed by atoms with Crippen LogP contribution in [0.5, 0.6) is 0 Å². The molecule has 0 spiro atoms. The van der Waals surface area contributed by atoms with Crippen molar-refractivity contribution >= 4 is 11.7 Å². The Kier molecular flexibility index (Phi) is 6.08. The van der Waals surface area contributed by atoms with Crippen molar-refractivity contribution in [2.24, 2.45) is 0 Å². The number of hydrogen-bond acceptors (Lipinski definition) is 5. The number of carbonyl (C=O) groups is 1. The minimum Gasteiger partial charge on any atom is -0.395 e. The number of amides is 2. The predicted molar refractivity (Wildman–Crippen MR) is 91.7 cm³/mol. The summed E-state index contributed by atoms with van der Waals surface area (Å²) in [4.78, 5) is 18.1. The van der Waals surface area contributed by atoms with Gasteiger partial charge in [0.15, 0.2) is 5.82 Å². The number of benzene rings is 1. The number of anilines is 1. The molecule has 1 heterocycles. The lowest BCUT2D eigenvalue weighted by Gasteiger charge is -2.21. The summed E-state index contributed by atoms with van der Waals surface area (Å²) in [5.74, 6) is 1.05. The maximum absolute atomic E-state index is 12.3. The number of nitrogens with one attached hydrogen (secondary N) is 1. The van der Waals surface area contributed by atoms with Crippen molar-refractivity contribution in [1.82, 2.24) is 15.0 Å². The van der Waals surface area contributed by atoms with Gasteiger partial charge < -0.3 is 19.8 Å². The molecule has 0 saturated carbocycles. The van der Waals surface area contributed by atoms with Crippen molar-refractivity contribution < 1.29 is 14.4 Å². The Bertz CT molecular complexity index is 712. The van der Waals surface area contributed by atoms with Gasteiger partial charge in [0, 0.05) is 30.8 Å². The molecule has 0 aliphatic heterocycles. The fraction of sp³-hybridized carbons (Fsp3) is 0.353. The third kappa shape index (κ3) is 4.20. The summed E-state index contributed by atoms with van der Waals surface area (Å²) in [5, 5.41) is 15.8. The van der Waals surface area contributed by atoms with Crippen molar-refractivity contribution in [2.45, 2.75) is 20.3 Å². The molecule has 0 aliphatic rings. The largest absolute Gasteiger partial charge is 0.395 e. The summed E-state index contributed by atoms with van der Waals surface area (Å²) in [5.41, 5.74) is 2.30. The van der Waals surface area contributed by atoms with Gasteiger partial charge in [-0.25, -0.2) is 4.79 Å². The highest BCUT2D eigenvalue weighted by atomic mass is 16.5. The van der Waals surface area contributed by atoms with E-state index in [-0.39, 0.29) is 19.2 Å². The fourth-order valence-corrected chi connectivity index (χ4v) is 2.15. The van der Waals surface area contributed by atoms with Crippen molar-refractivity contribution in [2.75, 3.05) is 25.0 Å². The van der Waals surface area contributed by atoms with E-state index in [0.29, 0.717) is 30.4 Å². The molecule has 1 aromatic heterocycles. The van der Waals surface area contributed by atoms with Gasteiger partial charge in [-0.2, -0.15) is 4.98 Å².